The molecule has 0 aliphatic carbocycles. The van der Waals surface area contributed by atoms with Crippen molar-refractivity contribution in [2.75, 3.05) is 17.2 Å². The molecule has 0 spiro atoms. The van der Waals surface area contributed by atoms with E-state index in [1.807, 2.05) is 25.1 Å². The highest BCUT2D eigenvalue weighted by Crippen LogP contribution is 2.21. The SMILES string of the molecule is CCOC(=O)c1ccccc1Nc1ccc(NC(=O)c2ccccc2C)nn1. The number of nitrogens with zero attached hydrogens (tertiary/aromatic N) is 2. The van der Waals surface area contributed by atoms with Crippen LogP contribution in [0.1, 0.15) is 33.2 Å². The van der Waals surface area contributed by atoms with Crippen LogP contribution in [-0.4, -0.2) is 28.7 Å². The van der Waals surface area contributed by atoms with E-state index in [0.29, 0.717) is 35.1 Å². The maximum Gasteiger partial charge on any atom is 0.340 e. The van der Waals surface area contributed by atoms with E-state index in [9.17, 15) is 9.59 Å². The van der Waals surface area contributed by atoms with Crippen LogP contribution in [0.2, 0.25) is 0 Å². The highest BCUT2D eigenvalue weighted by Gasteiger charge is 2.13. The molecule has 0 aliphatic heterocycles. The quantitative estimate of drug-likeness (QED) is 0.633. The van der Waals surface area contributed by atoms with Crippen LogP contribution in [0.15, 0.2) is 60.7 Å². The fourth-order valence-electron chi connectivity index (χ4n) is 2.59. The number of carbonyl (C=O) groups excluding carboxylic acids is 2. The predicted octanol–water partition coefficient (Wildman–Crippen LogP) is 3.96. The molecule has 1 amide bonds. The molecule has 2 N–H and O–H groups in total. The number of amides is 1. The normalized spacial score (nSPS) is 10.2. The number of hydrogen-bond acceptors (Lipinski definition) is 6. The van der Waals surface area contributed by atoms with Crippen molar-refractivity contribution in [3.63, 3.8) is 0 Å². The van der Waals surface area contributed by atoms with Crippen molar-refractivity contribution < 1.29 is 14.3 Å². The minimum absolute atomic E-state index is 0.249. The second kappa shape index (κ2) is 8.77. The van der Waals surface area contributed by atoms with Gasteiger partial charge in [-0.1, -0.05) is 30.3 Å². The largest absolute Gasteiger partial charge is 0.462 e. The molecule has 0 radical (unpaired) electrons. The van der Waals surface area contributed by atoms with Crippen LogP contribution in [0, 0.1) is 6.92 Å². The highest BCUT2D eigenvalue weighted by atomic mass is 16.5. The van der Waals surface area contributed by atoms with Crippen molar-refractivity contribution in [2.45, 2.75) is 13.8 Å². The van der Waals surface area contributed by atoms with Crippen LogP contribution < -0.4 is 10.6 Å². The Labute approximate surface area is 162 Å². The monoisotopic (exact) mass is 376 g/mol. The zero-order valence-corrected chi connectivity index (χ0v) is 15.6. The molecular weight excluding hydrogens is 356 g/mol. The molecule has 0 fully saturated rings. The first-order valence-electron chi connectivity index (χ1n) is 8.82. The van der Waals surface area contributed by atoms with Gasteiger partial charge in [-0.25, -0.2) is 4.79 Å². The summed E-state index contributed by atoms with van der Waals surface area (Å²) in [5, 5.41) is 13.8. The summed E-state index contributed by atoms with van der Waals surface area (Å²) in [5.74, 6) is 0.101. The zero-order chi connectivity index (χ0) is 19.9. The number of aryl methyl sites for hydroxylation is 1. The molecule has 0 unspecified atom stereocenters. The molecule has 0 saturated carbocycles. The molecule has 142 valence electrons. The Morgan fingerprint density at radius 2 is 1.54 bits per heavy atom. The van der Waals surface area contributed by atoms with Crippen LogP contribution in [0.3, 0.4) is 0 Å². The third kappa shape index (κ3) is 4.50. The molecule has 0 aliphatic rings. The van der Waals surface area contributed by atoms with E-state index in [-0.39, 0.29) is 5.91 Å². The van der Waals surface area contributed by atoms with Gasteiger partial charge in [0.05, 0.1) is 17.9 Å². The van der Waals surface area contributed by atoms with E-state index < -0.39 is 5.97 Å². The summed E-state index contributed by atoms with van der Waals surface area (Å²) in [6.07, 6.45) is 0. The van der Waals surface area contributed by atoms with Crippen LogP contribution in [0.4, 0.5) is 17.3 Å². The van der Waals surface area contributed by atoms with Gasteiger partial charge in [0.2, 0.25) is 0 Å². The molecule has 7 heteroatoms. The molecule has 0 atom stereocenters. The van der Waals surface area contributed by atoms with Gasteiger partial charge in [0.1, 0.15) is 0 Å². The van der Waals surface area contributed by atoms with Crippen LogP contribution in [0.5, 0.6) is 0 Å². The van der Waals surface area contributed by atoms with Crippen LogP contribution >= 0.6 is 0 Å². The average Bonchev–Trinajstić information content (AvgIpc) is 2.70. The number of nitrogens with one attached hydrogen (secondary N) is 2. The van der Waals surface area contributed by atoms with Crippen molar-refractivity contribution in [1.82, 2.24) is 10.2 Å². The third-order valence-electron chi connectivity index (χ3n) is 3.98. The number of para-hydroxylation sites is 1. The molecule has 28 heavy (non-hydrogen) atoms. The Kier molecular flexibility index (Phi) is 5.96. The number of aromatic nitrogens is 2. The Morgan fingerprint density at radius 3 is 2.21 bits per heavy atom. The van der Waals surface area contributed by atoms with Crippen molar-refractivity contribution in [1.29, 1.82) is 0 Å². The second-order valence-electron chi connectivity index (χ2n) is 5.96. The molecule has 0 bridgehead atoms. The van der Waals surface area contributed by atoms with Crippen molar-refractivity contribution in [3.8, 4) is 0 Å². The topological polar surface area (TPSA) is 93.2 Å². The Balaban J connectivity index is 1.71. The Morgan fingerprint density at radius 1 is 0.893 bits per heavy atom. The summed E-state index contributed by atoms with van der Waals surface area (Å²) < 4.78 is 5.06. The smallest absolute Gasteiger partial charge is 0.340 e. The first kappa shape index (κ1) is 19.0. The standard InChI is InChI=1S/C21H20N4O3/c1-3-28-21(27)16-10-6-7-11-17(16)22-18-12-13-19(25-24-18)23-20(26)15-9-5-4-8-14(15)2/h4-13H,3H2,1-2H3,(H,22,24)(H,23,25,26). The van der Waals surface area contributed by atoms with Gasteiger partial charge in [0, 0.05) is 5.56 Å². The lowest BCUT2D eigenvalue weighted by Crippen LogP contribution is -2.14. The van der Waals surface area contributed by atoms with Crippen molar-refractivity contribution in [3.05, 3.63) is 77.4 Å². The molecular formula is C21H20N4O3. The van der Waals surface area contributed by atoms with Gasteiger partial charge < -0.3 is 15.4 Å². The van der Waals surface area contributed by atoms with Crippen LogP contribution in [0.25, 0.3) is 0 Å². The number of carbonyl (C=O) groups is 2. The lowest BCUT2D eigenvalue weighted by atomic mass is 10.1. The number of benzene rings is 2. The van der Waals surface area contributed by atoms with Crippen molar-refractivity contribution in [2.24, 2.45) is 0 Å². The fourth-order valence-corrected chi connectivity index (χ4v) is 2.59. The number of hydrogen-bond donors (Lipinski definition) is 2. The summed E-state index contributed by atoms with van der Waals surface area (Å²) in [7, 11) is 0. The minimum Gasteiger partial charge on any atom is -0.462 e. The lowest BCUT2D eigenvalue weighted by molar-refractivity contribution is 0.0527. The summed E-state index contributed by atoms with van der Waals surface area (Å²) >= 11 is 0. The second-order valence-corrected chi connectivity index (χ2v) is 5.96. The predicted molar refractivity (Wildman–Crippen MR) is 107 cm³/mol. The maximum absolute atomic E-state index is 12.3. The Bertz CT molecular complexity index is 987. The summed E-state index contributed by atoms with van der Waals surface area (Å²) in [4.78, 5) is 24.4. The van der Waals surface area contributed by atoms with E-state index >= 15 is 0 Å². The molecule has 1 heterocycles. The molecule has 3 rings (SSSR count). The first-order chi connectivity index (χ1) is 13.6. The summed E-state index contributed by atoms with van der Waals surface area (Å²) in [6.45, 7) is 3.92. The number of anilines is 3. The van der Waals surface area contributed by atoms with E-state index in [4.69, 9.17) is 4.74 Å². The minimum atomic E-state index is -0.416. The van der Waals surface area contributed by atoms with Crippen LogP contribution in [-0.2, 0) is 4.74 Å². The molecule has 7 nitrogen and oxygen atoms in total. The average molecular weight is 376 g/mol. The van der Waals surface area contributed by atoms with E-state index in [2.05, 4.69) is 20.8 Å². The molecule has 2 aromatic carbocycles. The van der Waals surface area contributed by atoms with Crippen molar-refractivity contribution >= 4 is 29.2 Å². The fraction of sp³-hybridized carbons (Fsp3) is 0.143. The van der Waals surface area contributed by atoms with Gasteiger partial charge in [-0.2, -0.15) is 0 Å². The van der Waals surface area contributed by atoms with E-state index in [1.54, 1.807) is 49.4 Å². The Hall–Kier alpha value is -3.74. The first-order valence-corrected chi connectivity index (χ1v) is 8.82. The summed E-state index contributed by atoms with van der Waals surface area (Å²) in [6, 6.07) is 17.6. The molecule has 1 aromatic heterocycles. The number of ether oxygens (including phenoxy) is 1. The van der Waals surface area contributed by atoms with Gasteiger partial charge in [-0.3, -0.25) is 4.79 Å². The lowest BCUT2D eigenvalue weighted by Gasteiger charge is -2.11. The van der Waals surface area contributed by atoms with E-state index in [1.165, 1.54) is 0 Å². The van der Waals surface area contributed by atoms with Gasteiger partial charge in [0.15, 0.2) is 11.6 Å². The summed E-state index contributed by atoms with van der Waals surface area (Å²) in [5.41, 5.74) is 2.42. The van der Waals surface area contributed by atoms with Gasteiger partial charge in [-0.15, -0.1) is 10.2 Å². The van der Waals surface area contributed by atoms with Gasteiger partial charge in [0.25, 0.3) is 5.91 Å². The number of esters is 1. The van der Waals surface area contributed by atoms with E-state index in [0.717, 1.165) is 5.56 Å². The molecule has 3 aromatic rings. The molecule has 0 saturated heterocycles. The van der Waals surface area contributed by atoms with Gasteiger partial charge >= 0.3 is 5.97 Å². The zero-order valence-electron chi connectivity index (χ0n) is 15.6. The van der Waals surface area contributed by atoms with Gasteiger partial charge in [-0.05, 0) is 49.7 Å². The highest BCUT2D eigenvalue weighted by molar-refractivity contribution is 6.04. The third-order valence-corrected chi connectivity index (χ3v) is 3.98. The number of rotatable bonds is 6. The maximum atomic E-state index is 12.3.